The molecule has 0 aliphatic carbocycles. The van der Waals surface area contributed by atoms with Crippen molar-refractivity contribution in [2.45, 2.75) is 26.8 Å². The predicted octanol–water partition coefficient (Wildman–Crippen LogP) is 1.99. The third-order valence-electron chi connectivity index (χ3n) is 2.55. The zero-order chi connectivity index (χ0) is 14.4. The van der Waals surface area contributed by atoms with Crippen LogP contribution in [0.15, 0.2) is 17.5 Å². The number of aryl methyl sites for hydroxylation is 1. The van der Waals surface area contributed by atoms with E-state index in [0.717, 1.165) is 23.7 Å². The predicted molar refractivity (Wildman–Crippen MR) is 78.8 cm³/mol. The molecule has 2 heterocycles. The Morgan fingerprint density at radius 2 is 2.20 bits per heavy atom. The molecule has 0 aromatic carbocycles. The third-order valence-corrected chi connectivity index (χ3v) is 3.37. The van der Waals surface area contributed by atoms with Crippen LogP contribution in [0.1, 0.15) is 34.5 Å². The highest BCUT2D eigenvalue weighted by Gasteiger charge is 2.08. The molecular formula is C13H17N5OS. The minimum Gasteiger partial charge on any atom is -0.369 e. The van der Waals surface area contributed by atoms with Gasteiger partial charge in [0.2, 0.25) is 0 Å². The number of hydrogen-bond donors (Lipinski definition) is 2. The standard InChI is InChI=1S/C13H17N5OS/c1-3-6-14-12-5-4-11(17-18-12)13(19)15-7-10-8-20-9(2)16-10/h4-5,8H,3,6-7H2,1-2H3,(H,14,18)(H,15,19). The average molecular weight is 291 g/mol. The molecule has 1 amide bonds. The number of nitrogens with one attached hydrogen (secondary N) is 2. The number of anilines is 1. The summed E-state index contributed by atoms with van der Waals surface area (Å²) in [4.78, 5) is 16.2. The molecule has 2 rings (SSSR count). The molecule has 0 aliphatic rings. The van der Waals surface area contributed by atoms with Crippen LogP contribution in [0, 0.1) is 6.92 Å². The Morgan fingerprint density at radius 3 is 2.80 bits per heavy atom. The quantitative estimate of drug-likeness (QED) is 0.851. The number of nitrogens with zero attached hydrogens (tertiary/aromatic N) is 3. The second kappa shape index (κ2) is 6.95. The van der Waals surface area contributed by atoms with Gasteiger partial charge in [-0.15, -0.1) is 21.5 Å². The maximum absolute atomic E-state index is 11.9. The van der Waals surface area contributed by atoms with Crippen molar-refractivity contribution < 1.29 is 4.79 Å². The van der Waals surface area contributed by atoms with Crippen LogP contribution >= 0.6 is 11.3 Å². The van der Waals surface area contributed by atoms with Crippen molar-refractivity contribution in [3.8, 4) is 0 Å². The molecule has 0 saturated heterocycles. The SMILES string of the molecule is CCCNc1ccc(C(=O)NCc2csc(C)n2)nn1. The summed E-state index contributed by atoms with van der Waals surface area (Å²) in [5.41, 5.74) is 1.16. The number of carbonyl (C=O) groups excluding carboxylic acids is 1. The first-order valence-corrected chi connectivity index (χ1v) is 7.34. The molecule has 106 valence electrons. The molecule has 2 N–H and O–H groups in total. The fourth-order valence-corrected chi connectivity index (χ4v) is 2.16. The summed E-state index contributed by atoms with van der Waals surface area (Å²) >= 11 is 1.56. The lowest BCUT2D eigenvalue weighted by atomic mass is 10.3. The van der Waals surface area contributed by atoms with Crippen LogP contribution in [-0.2, 0) is 6.54 Å². The lowest BCUT2D eigenvalue weighted by molar-refractivity contribution is 0.0944. The average Bonchev–Trinajstić information content (AvgIpc) is 2.89. The summed E-state index contributed by atoms with van der Waals surface area (Å²) in [5.74, 6) is 0.434. The first-order valence-electron chi connectivity index (χ1n) is 6.46. The lowest BCUT2D eigenvalue weighted by Crippen LogP contribution is -2.24. The Labute approximate surface area is 121 Å². The van der Waals surface area contributed by atoms with Gasteiger partial charge in [-0.25, -0.2) is 4.98 Å². The smallest absolute Gasteiger partial charge is 0.272 e. The van der Waals surface area contributed by atoms with E-state index in [0.29, 0.717) is 18.1 Å². The fourth-order valence-electron chi connectivity index (χ4n) is 1.55. The van der Waals surface area contributed by atoms with Gasteiger partial charge >= 0.3 is 0 Å². The van der Waals surface area contributed by atoms with Crippen molar-refractivity contribution in [3.63, 3.8) is 0 Å². The van der Waals surface area contributed by atoms with Crippen molar-refractivity contribution in [2.75, 3.05) is 11.9 Å². The van der Waals surface area contributed by atoms with E-state index in [-0.39, 0.29) is 5.91 Å². The van der Waals surface area contributed by atoms with Crippen LogP contribution in [0.4, 0.5) is 5.82 Å². The van der Waals surface area contributed by atoms with Gasteiger partial charge in [0, 0.05) is 11.9 Å². The Bertz CT molecular complexity index is 566. The summed E-state index contributed by atoms with van der Waals surface area (Å²) in [5, 5.41) is 16.7. The van der Waals surface area contributed by atoms with Crippen LogP contribution < -0.4 is 10.6 Å². The largest absolute Gasteiger partial charge is 0.369 e. The van der Waals surface area contributed by atoms with Gasteiger partial charge < -0.3 is 10.6 Å². The van der Waals surface area contributed by atoms with Gasteiger partial charge in [0.25, 0.3) is 5.91 Å². The number of amides is 1. The minimum absolute atomic E-state index is 0.245. The Balaban J connectivity index is 1.88. The molecule has 2 aromatic heterocycles. The zero-order valence-corrected chi connectivity index (χ0v) is 12.3. The maximum atomic E-state index is 11.9. The highest BCUT2D eigenvalue weighted by atomic mass is 32.1. The van der Waals surface area contributed by atoms with Gasteiger partial charge in [0.15, 0.2) is 5.69 Å². The molecule has 0 aliphatic heterocycles. The van der Waals surface area contributed by atoms with E-state index in [1.807, 2.05) is 12.3 Å². The van der Waals surface area contributed by atoms with Crippen LogP contribution in [0.2, 0.25) is 0 Å². The summed E-state index contributed by atoms with van der Waals surface area (Å²) in [6.07, 6.45) is 1.01. The zero-order valence-electron chi connectivity index (χ0n) is 11.5. The molecule has 2 aromatic rings. The number of aromatic nitrogens is 3. The van der Waals surface area contributed by atoms with Crippen LogP contribution in [-0.4, -0.2) is 27.6 Å². The lowest BCUT2D eigenvalue weighted by Gasteiger charge is -2.04. The second-order valence-electron chi connectivity index (χ2n) is 4.27. The van der Waals surface area contributed by atoms with Gasteiger partial charge in [-0.2, -0.15) is 0 Å². The van der Waals surface area contributed by atoms with E-state index >= 15 is 0 Å². The van der Waals surface area contributed by atoms with E-state index in [9.17, 15) is 4.79 Å². The second-order valence-corrected chi connectivity index (χ2v) is 5.33. The van der Waals surface area contributed by atoms with E-state index in [2.05, 4.69) is 32.7 Å². The van der Waals surface area contributed by atoms with Gasteiger partial charge in [-0.3, -0.25) is 4.79 Å². The van der Waals surface area contributed by atoms with Gasteiger partial charge in [-0.05, 0) is 25.5 Å². The summed E-state index contributed by atoms with van der Waals surface area (Å²) in [6, 6.07) is 3.41. The van der Waals surface area contributed by atoms with Gasteiger partial charge in [0.05, 0.1) is 17.2 Å². The topological polar surface area (TPSA) is 79.8 Å². The van der Waals surface area contributed by atoms with E-state index in [1.54, 1.807) is 23.5 Å². The third kappa shape index (κ3) is 3.99. The molecule has 0 radical (unpaired) electrons. The molecule has 0 unspecified atom stereocenters. The highest BCUT2D eigenvalue weighted by molar-refractivity contribution is 7.09. The summed E-state index contributed by atoms with van der Waals surface area (Å²) in [7, 11) is 0. The van der Waals surface area contributed by atoms with Crippen molar-refractivity contribution >= 4 is 23.1 Å². The Hall–Kier alpha value is -2.02. The molecule has 0 atom stereocenters. The number of rotatable bonds is 6. The van der Waals surface area contributed by atoms with Crippen molar-refractivity contribution in [2.24, 2.45) is 0 Å². The monoisotopic (exact) mass is 291 g/mol. The Kier molecular flexibility index (Phi) is 5.00. The molecule has 6 nitrogen and oxygen atoms in total. The van der Waals surface area contributed by atoms with Crippen molar-refractivity contribution in [1.82, 2.24) is 20.5 Å². The van der Waals surface area contributed by atoms with Crippen molar-refractivity contribution in [1.29, 1.82) is 0 Å². The molecule has 20 heavy (non-hydrogen) atoms. The number of carbonyl (C=O) groups is 1. The molecule has 0 spiro atoms. The molecule has 0 bridgehead atoms. The molecular weight excluding hydrogens is 274 g/mol. The molecule has 0 saturated carbocycles. The van der Waals surface area contributed by atoms with Gasteiger partial charge in [0.1, 0.15) is 5.82 Å². The van der Waals surface area contributed by atoms with Gasteiger partial charge in [-0.1, -0.05) is 6.92 Å². The number of thiazole rings is 1. The summed E-state index contributed by atoms with van der Waals surface area (Å²) in [6.45, 7) is 5.25. The Morgan fingerprint density at radius 1 is 1.35 bits per heavy atom. The maximum Gasteiger partial charge on any atom is 0.272 e. The molecule has 7 heteroatoms. The normalized spacial score (nSPS) is 10.3. The summed E-state index contributed by atoms with van der Waals surface area (Å²) < 4.78 is 0. The van der Waals surface area contributed by atoms with E-state index < -0.39 is 0 Å². The van der Waals surface area contributed by atoms with Crippen LogP contribution in [0.5, 0.6) is 0 Å². The fraction of sp³-hybridized carbons (Fsp3) is 0.385. The van der Waals surface area contributed by atoms with E-state index in [1.165, 1.54) is 0 Å². The van der Waals surface area contributed by atoms with Crippen LogP contribution in [0.25, 0.3) is 0 Å². The number of hydrogen-bond acceptors (Lipinski definition) is 6. The van der Waals surface area contributed by atoms with Crippen LogP contribution in [0.3, 0.4) is 0 Å². The molecule has 0 fully saturated rings. The highest BCUT2D eigenvalue weighted by Crippen LogP contribution is 2.08. The van der Waals surface area contributed by atoms with Crippen molar-refractivity contribution in [3.05, 3.63) is 33.9 Å². The first kappa shape index (κ1) is 14.4. The minimum atomic E-state index is -0.245. The first-order chi connectivity index (χ1) is 9.69. The van der Waals surface area contributed by atoms with E-state index in [4.69, 9.17) is 0 Å².